The summed E-state index contributed by atoms with van der Waals surface area (Å²) in [6, 6.07) is 9.11. The second-order valence-electron chi connectivity index (χ2n) is 8.32. The van der Waals surface area contributed by atoms with E-state index in [0.717, 1.165) is 25.7 Å². The Morgan fingerprint density at radius 3 is 2.62 bits per heavy atom. The van der Waals surface area contributed by atoms with E-state index in [1.807, 2.05) is 20.8 Å². The maximum atomic E-state index is 12.9. The van der Waals surface area contributed by atoms with Gasteiger partial charge in [0.25, 0.3) is 0 Å². The number of benzene rings is 1. The summed E-state index contributed by atoms with van der Waals surface area (Å²) >= 11 is 0. The molecule has 1 unspecified atom stereocenters. The average Bonchev–Trinajstić information content (AvgIpc) is 3.30. The Hall–Kier alpha value is -2.04. The number of hydrogen-bond acceptors (Lipinski definition) is 3. The lowest BCUT2D eigenvalue weighted by Gasteiger charge is -2.30. The van der Waals surface area contributed by atoms with Gasteiger partial charge in [-0.2, -0.15) is 0 Å². The number of fused-ring (bicyclic) bond motifs is 1. The summed E-state index contributed by atoms with van der Waals surface area (Å²) in [4.78, 5) is 26.7. The molecule has 2 amide bonds. The Kier molecular flexibility index (Phi) is 5.54. The van der Waals surface area contributed by atoms with Crippen molar-refractivity contribution >= 4 is 12.0 Å². The smallest absolute Gasteiger partial charge is 0.407 e. The van der Waals surface area contributed by atoms with Crippen molar-refractivity contribution < 1.29 is 14.3 Å². The second kappa shape index (κ2) is 7.68. The quantitative estimate of drug-likeness (QED) is 0.783. The normalized spacial score (nSPS) is 19.0. The molecule has 1 fully saturated rings. The van der Waals surface area contributed by atoms with Crippen LogP contribution in [0.2, 0.25) is 0 Å². The molecule has 0 aliphatic heterocycles. The van der Waals surface area contributed by atoms with Gasteiger partial charge in [0.15, 0.2) is 0 Å². The Morgan fingerprint density at radius 2 is 1.92 bits per heavy atom. The van der Waals surface area contributed by atoms with Gasteiger partial charge in [0.05, 0.1) is 6.04 Å². The highest BCUT2D eigenvalue weighted by molar-refractivity contribution is 5.78. The number of hydrogen-bond donors (Lipinski definition) is 1. The highest BCUT2D eigenvalue weighted by atomic mass is 16.6. The van der Waals surface area contributed by atoms with E-state index in [2.05, 4.69) is 34.5 Å². The second-order valence-corrected chi connectivity index (χ2v) is 8.32. The van der Waals surface area contributed by atoms with Crippen LogP contribution in [0.5, 0.6) is 0 Å². The lowest BCUT2D eigenvalue weighted by atomic mass is 10.1. The number of carbonyl (C=O) groups excluding carboxylic acids is 2. The standard InChI is InChI=1S/C21H30N2O3/c1-21(2,3)26-20(25)22-14-6-9-19(24)23(16-11-12-16)18-13-10-15-7-4-5-8-17(15)18/h4-5,7-8,16,18H,6,9-14H2,1-3H3,(H,22,25). The van der Waals surface area contributed by atoms with Crippen molar-refractivity contribution in [3.63, 3.8) is 0 Å². The largest absolute Gasteiger partial charge is 0.444 e. The molecule has 0 radical (unpaired) electrons. The van der Waals surface area contributed by atoms with E-state index in [1.54, 1.807) is 0 Å². The van der Waals surface area contributed by atoms with Crippen LogP contribution in [-0.2, 0) is 16.0 Å². The van der Waals surface area contributed by atoms with Gasteiger partial charge in [-0.1, -0.05) is 24.3 Å². The number of aryl methyl sites for hydroxylation is 1. The summed E-state index contributed by atoms with van der Waals surface area (Å²) in [6.45, 7) is 5.97. The Morgan fingerprint density at radius 1 is 1.19 bits per heavy atom. The summed E-state index contributed by atoms with van der Waals surface area (Å²) in [5, 5.41) is 2.73. The molecular weight excluding hydrogens is 328 g/mol. The average molecular weight is 358 g/mol. The fourth-order valence-corrected chi connectivity index (χ4v) is 3.68. The summed E-state index contributed by atoms with van der Waals surface area (Å²) in [6.07, 6.45) is 4.98. The Labute approximate surface area is 156 Å². The molecule has 0 aromatic heterocycles. The third kappa shape index (κ3) is 4.77. The zero-order valence-electron chi connectivity index (χ0n) is 16.1. The first-order chi connectivity index (χ1) is 12.3. The minimum Gasteiger partial charge on any atom is -0.444 e. The topological polar surface area (TPSA) is 58.6 Å². The molecule has 1 aromatic rings. The molecule has 1 saturated carbocycles. The van der Waals surface area contributed by atoms with Crippen molar-refractivity contribution in [1.82, 2.24) is 10.2 Å². The van der Waals surface area contributed by atoms with Crippen LogP contribution in [0, 0.1) is 0 Å². The van der Waals surface area contributed by atoms with Crippen molar-refractivity contribution in [2.45, 2.75) is 77.0 Å². The van der Waals surface area contributed by atoms with Crippen LogP contribution >= 0.6 is 0 Å². The van der Waals surface area contributed by atoms with Gasteiger partial charge in [-0.15, -0.1) is 0 Å². The van der Waals surface area contributed by atoms with Crippen LogP contribution in [0.1, 0.15) is 70.0 Å². The van der Waals surface area contributed by atoms with Crippen LogP contribution in [0.15, 0.2) is 24.3 Å². The van der Waals surface area contributed by atoms with Crippen molar-refractivity contribution in [1.29, 1.82) is 0 Å². The number of carbonyl (C=O) groups is 2. The molecular formula is C21H30N2O3. The predicted molar refractivity (Wildman–Crippen MR) is 101 cm³/mol. The highest BCUT2D eigenvalue weighted by Crippen LogP contribution is 2.42. The fourth-order valence-electron chi connectivity index (χ4n) is 3.68. The number of alkyl carbamates (subject to hydrolysis) is 1. The van der Waals surface area contributed by atoms with E-state index in [9.17, 15) is 9.59 Å². The van der Waals surface area contributed by atoms with E-state index in [0.29, 0.717) is 25.4 Å². The molecule has 2 aliphatic rings. The minimum absolute atomic E-state index is 0.209. The number of nitrogens with zero attached hydrogens (tertiary/aromatic N) is 1. The molecule has 1 N–H and O–H groups in total. The first-order valence-electron chi connectivity index (χ1n) is 9.71. The first kappa shape index (κ1) is 18.7. The molecule has 3 rings (SSSR count). The molecule has 0 spiro atoms. The van der Waals surface area contributed by atoms with E-state index in [1.165, 1.54) is 11.1 Å². The van der Waals surface area contributed by atoms with Gasteiger partial charge in [0.2, 0.25) is 5.91 Å². The maximum absolute atomic E-state index is 12.9. The van der Waals surface area contributed by atoms with E-state index in [4.69, 9.17) is 4.74 Å². The van der Waals surface area contributed by atoms with Crippen LogP contribution in [-0.4, -0.2) is 35.1 Å². The molecule has 0 saturated heterocycles. The van der Waals surface area contributed by atoms with E-state index >= 15 is 0 Å². The van der Waals surface area contributed by atoms with Gasteiger partial charge >= 0.3 is 6.09 Å². The molecule has 5 heteroatoms. The van der Waals surface area contributed by atoms with Crippen LogP contribution in [0.4, 0.5) is 4.79 Å². The molecule has 26 heavy (non-hydrogen) atoms. The summed E-state index contributed by atoms with van der Waals surface area (Å²) in [5.41, 5.74) is 2.20. The molecule has 1 atom stereocenters. The summed E-state index contributed by atoms with van der Waals surface area (Å²) in [5.74, 6) is 0.209. The molecule has 0 bridgehead atoms. The van der Waals surface area contributed by atoms with E-state index < -0.39 is 11.7 Å². The van der Waals surface area contributed by atoms with Crippen molar-refractivity contribution in [3.05, 3.63) is 35.4 Å². The van der Waals surface area contributed by atoms with E-state index in [-0.39, 0.29) is 11.9 Å². The Bertz CT molecular complexity index is 661. The van der Waals surface area contributed by atoms with Gasteiger partial charge < -0.3 is 15.0 Å². The van der Waals surface area contributed by atoms with Crippen LogP contribution < -0.4 is 5.32 Å². The van der Waals surface area contributed by atoms with Gasteiger partial charge in [-0.3, -0.25) is 4.79 Å². The number of ether oxygens (including phenoxy) is 1. The monoisotopic (exact) mass is 358 g/mol. The van der Waals surface area contributed by atoms with Gasteiger partial charge in [-0.25, -0.2) is 4.79 Å². The number of nitrogens with one attached hydrogen (secondary N) is 1. The summed E-state index contributed by atoms with van der Waals surface area (Å²) in [7, 11) is 0. The number of amides is 2. The lowest BCUT2D eigenvalue weighted by Crippen LogP contribution is -2.37. The predicted octanol–water partition coefficient (Wildman–Crippen LogP) is 3.97. The van der Waals surface area contributed by atoms with Crippen molar-refractivity contribution in [3.8, 4) is 0 Å². The van der Waals surface area contributed by atoms with Crippen LogP contribution in [0.3, 0.4) is 0 Å². The molecule has 1 aromatic carbocycles. The minimum atomic E-state index is -0.501. The highest BCUT2D eigenvalue weighted by Gasteiger charge is 2.39. The Balaban J connectivity index is 1.51. The van der Waals surface area contributed by atoms with Crippen molar-refractivity contribution in [2.24, 2.45) is 0 Å². The molecule has 0 heterocycles. The third-order valence-electron chi connectivity index (χ3n) is 4.90. The third-order valence-corrected chi connectivity index (χ3v) is 4.90. The van der Waals surface area contributed by atoms with Gasteiger partial charge in [0, 0.05) is 19.0 Å². The SMILES string of the molecule is CC(C)(C)OC(=O)NCCCC(=O)N(C1CC1)C1CCc2ccccc21. The lowest BCUT2D eigenvalue weighted by molar-refractivity contribution is -0.134. The molecule has 142 valence electrons. The zero-order chi connectivity index (χ0) is 18.7. The first-order valence-corrected chi connectivity index (χ1v) is 9.71. The molecule has 2 aliphatic carbocycles. The van der Waals surface area contributed by atoms with Gasteiger partial charge in [-0.05, 0) is 64.0 Å². The summed E-state index contributed by atoms with van der Waals surface area (Å²) < 4.78 is 5.22. The molecule has 5 nitrogen and oxygen atoms in total. The zero-order valence-corrected chi connectivity index (χ0v) is 16.1. The maximum Gasteiger partial charge on any atom is 0.407 e. The fraction of sp³-hybridized carbons (Fsp3) is 0.619. The number of rotatable bonds is 6. The van der Waals surface area contributed by atoms with Gasteiger partial charge in [0.1, 0.15) is 5.60 Å². The van der Waals surface area contributed by atoms with Crippen molar-refractivity contribution in [2.75, 3.05) is 6.54 Å². The van der Waals surface area contributed by atoms with Crippen LogP contribution in [0.25, 0.3) is 0 Å².